The Bertz CT molecular complexity index is 3800. The summed E-state index contributed by atoms with van der Waals surface area (Å²) in [6.07, 6.45) is 0. The quantitative estimate of drug-likeness (QED) is 0.168. The van der Waals surface area contributed by atoms with E-state index in [4.69, 9.17) is 0 Å². The van der Waals surface area contributed by atoms with Crippen molar-refractivity contribution in [3.63, 3.8) is 0 Å². The van der Waals surface area contributed by atoms with Crippen LogP contribution in [0.25, 0.3) is 72.0 Å². The standard InChI is InChI=1S/C64H44N2/c1-63(2)53-27-10-6-21-47(53)49-39-38-44(40-57(49)63)65(58-31-13-8-20-45(58)41-18-4-3-5-19-41)43-36-34-42(35-37-43)46-24-16-25-51-48-22-7-11-28-54(48)64(61(46)51)55-29-12-15-33-60(55)66-59-32-14-9-23-50(59)52-26-17-30-56(64)62(52)66/h3-40H,1-2H3. The van der Waals surface area contributed by atoms with E-state index in [9.17, 15) is 0 Å². The predicted octanol–water partition coefficient (Wildman–Crippen LogP) is 16.6. The van der Waals surface area contributed by atoms with E-state index < -0.39 is 5.41 Å². The van der Waals surface area contributed by atoms with Crippen LogP contribution in [0.3, 0.4) is 0 Å². The first-order chi connectivity index (χ1) is 32.5. The molecule has 0 saturated carbocycles. The molecule has 1 atom stereocenters. The Kier molecular flexibility index (Phi) is 7.70. The summed E-state index contributed by atoms with van der Waals surface area (Å²) >= 11 is 0. The maximum Gasteiger partial charge on any atom is 0.0760 e. The zero-order valence-electron chi connectivity index (χ0n) is 36.8. The van der Waals surface area contributed by atoms with Crippen LogP contribution in [0, 0.1) is 0 Å². The van der Waals surface area contributed by atoms with Gasteiger partial charge in [0.2, 0.25) is 0 Å². The molecule has 1 aromatic heterocycles. The van der Waals surface area contributed by atoms with Gasteiger partial charge in [0.15, 0.2) is 0 Å². The molecule has 0 bridgehead atoms. The molecule has 2 nitrogen and oxygen atoms in total. The third kappa shape index (κ3) is 4.85. The Balaban J connectivity index is 0.990. The zero-order chi connectivity index (χ0) is 43.7. The van der Waals surface area contributed by atoms with Gasteiger partial charge in [0.25, 0.3) is 0 Å². The lowest BCUT2D eigenvalue weighted by molar-refractivity contribution is 0.660. The monoisotopic (exact) mass is 840 g/mol. The van der Waals surface area contributed by atoms with E-state index in [0.29, 0.717) is 0 Å². The van der Waals surface area contributed by atoms with E-state index in [-0.39, 0.29) is 5.41 Å². The summed E-state index contributed by atoms with van der Waals surface area (Å²) in [6.45, 7) is 4.74. The van der Waals surface area contributed by atoms with Gasteiger partial charge < -0.3 is 9.47 Å². The van der Waals surface area contributed by atoms with Gasteiger partial charge in [-0.3, -0.25) is 0 Å². The number of nitrogens with zero attached hydrogens (tertiary/aromatic N) is 2. The summed E-state index contributed by atoms with van der Waals surface area (Å²) in [5, 5.41) is 2.57. The van der Waals surface area contributed by atoms with Gasteiger partial charge in [0, 0.05) is 33.1 Å². The Hall–Kier alpha value is -8.20. The first-order valence-corrected chi connectivity index (χ1v) is 23.2. The van der Waals surface area contributed by atoms with Gasteiger partial charge in [-0.15, -0.1) is 0 Å². The van der Waals surface area contributed by atoms with Crippen molar-refractivity contribution in [3.05, 3.63) is 264 Å². The van der Waals surface area contributed by atoms with Crippen molar-refractivity contribution in [1.29, 1.82) is 0 Å². The van der Waals surface area contributed by atoms with Gasteiger partial charge in [-0.1, -0.05) is 202 Å². The number of hydrogen-bond donors (Lipinski definition) is 0. The molecule has 1 aliphatic heterocycles. The molecule has 14 rings (SSSR count). The van der Waals surface area contributed by atoms with Gasteiger partial charge in [-0.2, -0.15) is 0 Å². The van der Waals surface area contributed by atoms with Crippen LogP contribution in [0.5, 0.6) is 0 Å². The molecule has 0 fully saturated rings. The third-order valence-corrected chi connectivity index (χ3v) is 15.2. The third-order valence-electron chi connectivity index (χ3n) is 15.2. The van der Waals surface area contributed by atoms with Crippen LogP contribution < -0.4 is 4.90 Å². The first kappa shape index (κ1) is 37.2. The lowest BCUT2D eigenvalue weighted by Crippen LogP contribution is -2.34. The van der Waals surface area contributed by atoms with E-state index >= 15 is 0 Å². The number of para-hydroxylation sites is 4. The van der Waals surface area contributed by atoms with Gasteiger partial charge in [-0.05, 0) is 115 Å². The Morgan fingerprint density at radius 1 is 0.364 bits per heavy atom. The maximum absolute atomic E-state index is 2.53. The van der Waals surface area contributed by atoms with Gasteiger partial charge in [0.1, 0.15) is 0 Å². The second-order valence-electron chi connectivity index (χ2n) is 18.8. The Labute approximate surface area is 385 Å². The first-order valence-electron chi connectivity index (χ1n) is 23.2. The SMILES string of the molecule is CC1(C)c2ccccc2-c2ccc(N(c3ccc(-c4cccc5c4C4(c6ccccc6-5)c5ccccc5-n5c6ccccc6c6cccc4c65)cc3)c3ccccc3-c3ccccc3)cc21. The fourth-order valence-corrected chi connectivity index (χ4v) is 12.4. The maximum atomic E-state index is 2.53. The van der Waals surface area contributed by atoms with Crippen molar-refractivity contribution in [2.24, 2.45) is 0 Å². The van der Waals surface area contributed by atoms with Crippen molar-refractivity contribution < 1.29 is 0 Å². The largest absolute Gasteiger partial charge is 0.310 e. The lowest BCUT2D eigenvalue weighted by Gasteiger charge is -2.40. The van der Waals surface area contributed by atoms with Crippen LogP contribution in [0.2, 0.25) is 0 Å². The Morgan fingerprint density at radius 2 is 0.924 bits per heavy atom. The molecule has 0 radical (unpaired) electrons. The molecule has 0 amide bonds. The summed E-state index contributed by atoms with van der Waals surface area (Å²) < 4.78 is 2.53. The lowest BCUT2D eigenvalue weighted by atomic mass is 9.64. The van der Waals surface area contributed by atoms with E-state index in [1.807, 2.05) is 0 Å². The molecule has 0 N–H and O–H groups in total. The molecule has 11 aromatic rings. The minimum Gasteiger partial charge on any atom is -0.310 e. The molecule has 1 spiro atoms. The molecule has 66 heavy (non-hydrogen) atoms. The van der Waals surface area contributed by atoms with E-state index in [2.05, 4.69) is 254 Å². The normalized spacial score (nSPS) is 15.6. The highest BCUT2D eigenvalue weighted by atomic mass is 15.1. The number of benzene rings is 10. The van der Waals surface area contributed by atoms with Crippen LogP contribution in [0.4, 0.5) is 17.1 Å². The summed E-state index contributed by atoms with van der Waals surface area (Å²) in [4.78, 5) is 2.47. The van der Waals surface area contributed by atoms with Crippen LogP contribution in [-0.4, -0.2) is 4.57 Å². The van der Waals surface area contributed by atoms with Crippen molar-refractivity contribution in [3.8, 4) is 50.2 Å². The van der Waals surface area contributed by atoms with Crippen molar-refractivity contribution in [2.45, 2.75) is 24.7 Å². The molecule has 10 aromatic carbocycles. The molecule has 2 aliphatic carbocycles. The Morgan fingerprint density at radius 3 is 1.76 bits per heavy atom. The highest BCUT2D eigenvalue weighted by Gasteiger charge is 2.52. The van der Waals surface area contributed by atoms with E-state index in [0.717, 1.165) is 17.1 Å². The second-order valence-corrected chi connectivity index (χ2v) is 18.8. The van der Waals surface area contributed by atoms with Crippen LogP contribution in [0.1, 0.15) is 47.2 Å². The predicted molar refractivity (Wildman–Crippen MR) is 275 cm³/mol. The molecule has 0 saturated heterocycles. The minimum atomic E-state index is -0.545. The molecule has 1 unspecified atom stereocenters. The van der Waals surface area contributed by atoms with Crippen molar-refractivity contribution >= 4 is 38.9 Å². The van der Waals surface area contributed by atoms with Gasteiger partial charge >= 0.3 is 0 Å². The zero-order valence-corrected chi connectivity index (χ0v) is 36.8. The number of hydrogen-bond acceptors (Lipinski definition) is 1. The highest BCUT2D eigenvalue weighted by Crippen LogP contribution is 2.63. The fourth-order valence-electron chi connectivity index (χ4n) is 12.4. The summed E-state index contributed by atoms with van der Waals surface area (Å²) in [7, 11) is 0. The average Bonchev–Trinajstić information content (AvgIpc) is 3.96. The van der Waals surface area contributed by atoms with Crippen LogP contribution >= 0.6 is 0 Å². The van der Waals surface area contributed by atoms with Gasteiger partial charge in [-0.25, -0.2) is 0 Å². The smallest absolute Gasteiger partial charge is 0.0760 e. The van der Waals surface area contributed by atoms with Gasteiger partial charge in [0.05, 0.1) is 27.8 Å². The number of rotatable bonds is 5. The van der Waals surface area contributed by atoms with Crippen LogP contribution in [0.15, 0.2) is 231 Å². The molecular weight excluding hydrogens is 797 g/mol. The van der Waals surface area contributed by atoms with Crippen molar-refractivity contribution in [2.75, 3.05) is 4.90 Å². The summed E-state index contributed by atoms with van der Waals surface area (Å²) in [5.74, 6) is 0. The highest BCUT2D eigenvalue weighted by molar-refractivity contribution is 6.13. The second kappa shape index (κ2) is 13.7. The van der Waals surface area contributed by atoms with E-state index in [1.54, 1.807) is 0 Å². The van der Waals surface area contributed by atoms with E-state index in [1.165, 1.54) is 105 Å². The summed E-state index contributed by atoms with van der Waals surface area (Å²) in [6, 6.07) is 86.2. The molecule has 2 heteroatoms. The average molecular weight is 841 g/mol. The summed E-state index contributed by atoms with van der Waals surface area (Å²) in [5.41, 5.74) is 24.6. The molecular formula is C64H44N2. The molecule has 2 heterocycles. The molecule has 310 valence electrons. The minimum absolute atomic E-state index is 0.131. The number of fused-ring (bicyclic) bond motifs is 15. The van der Waals surface area contributed by atoms with Crippen LogP contribution in [-0.2, 0) is 10.8 Å². The fraction of sp³-hybridized carbons (Fsp3) is 0.0625. The number of aromatic nitrogens is 1. The van der Waals surface area contributed by atoms with Crippen molar-refractivity contribution in [1.82, 2.24) is 4.57 Å². The topological polar surface area (TPSA) is 8.17 Å². The molecule has 3 aliphatic rings. The number of anilines is 3.